The molecule has 1 aromatic carbocycles. The summed E-state index contributed by atoms with van der Waals surface area (Å²) < 4.78 is 0. The van der Waals surface area contributed by atoms with E-state index in [-0.39, 0.29) is 0 Å². The number of fused-ring (bicyclic) bond motifs is 1. The number of aryl methyl sites for hydroxylation is 2. The predicted octanol–water partition coefficient (Wildman–Crippen LogP) is 2.76. The fraction of sp³-hybridized carbons (Fsp3) is 0.154. The van der Waals surface area contributed by atoms with E-state index in [9.17, 15) is 0 Å². The number of nitrogens with zero attached hydrogens (tertiary/aromatic N) is 1. The number of hydrogen-bond donors (Lipinski definition) is 3. The molecule has 0 aliphatic carbocycles. The van der Waals surface area contributed by atoms with Gasteiger partial charge in [0.25, 0.3) is 0 Å². The number of benzene rings is 1. The Morgan fingerprint density at radius 3 is 2.71 bits per heavy atom. The summed E-state index contributed by atoms with van der Waals surface area (Å²) in [6.45, 7) is 4.14. The maximum absolute atomic E-state index is 5.65. The van der Waals surface area contributed by atoms with Gasteiger partial charge in [-0.15, -0.1) is 0 Å². The van der Waals surface area contributed by atoms with Crippen LogP contribution in [0.2, 0.25) is 0 Å². The normalized spacial score (nSPS) is 11.2. The van der Waals surface area contributed by atoms with Gasteiger partial charge in [-0.2, -0.15) is 5.10 Å². The van der Waals surface area contributed by atoms with E-state index in [0.29, 0.717) is 5.82 Å². The Morgan fingerprint density at radius 1 is 1.18 bits per heavy atom. The summed E-state index contributed by atoms with van der Waals surface area (Å²) >= 11 is 0. The Morgan fingerprint density at radius 2 is 2.00 bits per heavy atom. The lowest BCUT2D eigenvalue weighted by Gasteiger charge is -1.97. The molecular weight excluding hydrogens is 212 g/mol. The van der Waals surface area contributed by atoms with Crippen molar-refractivity contribution in [2.45, 2.75) is 13.8 Å². The molecule has 4 nitrogen and oxygen atoms in total. The summed E-state index contributed by atoms with van der Waals surface area (Å²) in [5, 5.41) is 8.13. The minimum atomic E-state index is 0.515. The van der Waals surface area contributed by atoms with Crippen LogP contribution >= 0.6 is 0 Å². The third kappa shape index (κ3) is 1.49. The van der Waals surface area contributed by atoms with Crippen molar-refractivity contribution in [1.29, 1.82) is 0 Å². The number of aromatic nitrogens is 3. The smallest absolute Gasteiger partial charge is 0.145 e. The number of nitrogens with one attached hydrogen (secondary N) is 2. The average Bonchev–Trinajstić information content (AvgIpc) is 2.80. The molecule has 0 fully saturated rings. The van der Waals surface area contributed by atoms with Crippen LogP contribution in [0.4, 0.5) is 5.82 Å². The second-order valence-corrected chi connectivity index (χ2v) is 4.38. The first-order chi connectivity index (χ1) is 8.15. The molecular formula is C13H14N4. The lowest BCUT2D eigenvalue weighted by atomic mass is 10.1. The molecule has 2 heterocycles. The van der Waals surface area contributed by atoms with Crippen molar-refractivity contribution in [3.05, 3.63) is 35.5 Å². The maximum atomic E-state index is 5.65. The van der Waals surface area contributed by atoms with Crippen LogP contribution in [0, 0.1) is 13.8 Å². The molecule has 0 saturated carbocycles. The molecule has 4 N–H and O–H groups in total. The van der Waals surface area contributed by atoms with E-state index >= 15 is 0 Å². The fourth-order valence-corrected chi connectivity index (χ4v) is 2.26. The molecule has 0 atom stereocenters. The van der Waals surface area contributed by atoms with Gasteiger partial charge in [0, 0.05) is 28.2 Å². The third-order valence-corrected chi connectivity index (χ3v) is 3.01. The Balaban J connectivity index is 2.32. The van der Waals surface area contributed by atoms with Gasteiger partial charge in [0.1, 0.15) is 5.82 Å². The van der Waals surface area contributed by atoms with Crippen molar-refractivity contribution in [3.63, 3.8) is 0 Å². The topological polar surface area (TPSA) is 70.5 Å². The van der Waals surface area contributed by atoms with Crippen molar-refractivity contribution in [3.8, 4) is 11.3 Å². The second-order valence-electron chi connectivity index (χ2n) is 4.38. The van der Waals surface area contributed by atoms with Gasteiger partial charge >= 0.3 is 0 Å². The zero-order valence-corrected chi connectivity index (χ0v) is 9.83. The Hall–Kier alpha value is -2.23. The van der Waals surface area contributed by atoms with Crippen LogP contribution < -0.4 is 5.73 Å². The van der Waals surface area contributed by atoms with Gasteiger partial charge in [0.05, 0.1) is 5.69 Å². The van der Waals surface area contributed by atoms with Gasteiger partial charge in [0.2, 0.25) is 0 Å². The number of hydrogen-bond acceptors (Lipinski definition) is 2. The van der Waals surface area contributed by atoms with Gasteiger partial charge in [-0.25, -0.2) is 0 Å². The minimum Gasteiger partial charge on any atom is -0.382 e. The van der Waals surface area contributed by atoms with Gasteiger partial charge < -0.3 is 10.7 Å². The SMILES string of the molecule is Cc1ccc2c(-c3cc(N)n[nH]3)c(C)[nH]c2c1. The number of nitrogens with two attached hydrogens (primary N) is 1. The second kappa shape index (κ2) is 3.38. The van der Waals surface area contributed by atoms with Crippen LogP contribution in [0.1, 0.15) is 11.3 Å². The quantitative estimate of drug-likeness (QED) is 0.597. The van der Waals surface area contributed by atoms with E-state index in [1.165, 1.54) is 10.9 Å². The van der Waals surface area contributed by atoms with Gasteiger partial charge in [0.15, 0.2) is 0 Å². The maximum Gasteiger partial charge on any atom is 0.145 e. The van der Waals surface area contributed by atoms with Crippen LogP contribution in [-0.2, 0) is 0 Å². The van der Waals surface area contributed by atoms with Crippen molar-refractivity contribution in [2.75, 3.05) is 5.73 Å². The predicted molar refractivity (Wildman–Crippen MR) is 69.8 cm³/mol. The lowest BCUT2D eigenvalue weighted by Crippen LogP contribution is -1.81. The zero-order valence-electron chi connectivity index (χ0n) is 9.83. The molecule has 0 aliphatic heterocycles. The minimum absolute atomic E-state index is 0.515. The molecule has 17 heavy (non-hydrogen) atoms. The van der Waals surface area contributed by atoms with Crippen LogP contribution in [0.25, 0.3) is 22.2 Å². The molecule has 0 bridgehead atoms. The van der Waals surface area contributed by atoms with Crippen molar-refractivity contribution >= 4 is 16.7 Å². The van der Waals surface area contributed by atoms with Crippen LogP contribution in [0.3, 0.4) is 0 Å². The van der Waals surface area contributed by atoms with E-state index in [1.807, 2.05) is 6.07 Å². The number of aromatic amines is 2. The number of anilines is 1. The first-order valence-corrected chi connectivity index (χ1v) is 5.55. The third-order valence-electron chi connectivity index (χ3n) is 3.01. The Kier molecular flexibility index (Phi) is 1.98. The molecule has 0 saturated heterocycles. The summed E-state index contributed by atoms with van der Waals surface area (Å²) in [5.74, 6) is 0.515. The first kappa shape index (κ1) is 9.96. The van der Waals surface area contributed by atoms with Gasteiger partial charge in [-0.05, 0) is 25.5 Å². The largest absolute Gasteiger partial charge is 0.382 e. The fourth-order valence-electron chi connectivity index (χ4n) is 2.26. The highest BCUT2D eigenvalue weighted by Gasteiger charge is 2.12. The average molecular weight is 226 g/mol. The molecule has 0 radical (unpaired) electrons. The van der Waals surface area contributed by atoms with E-state index in [4.69, 9.17) is 5.73 Å². The van der Waals surface area contributed by atoms with E-state index in [1.54, 1.807) is 0 Å². The summed E-state index contributed by atoms with van der Waals surface area (Å²) in [5.41, 5.74) is 11.3. The molecule has 3 aromatic rings. The molecule has 86 valence electrons. The molecule has 0 spiro atoms. The van der Waals surface area contributed by atoms with Crippen molar-refractivity contribution in [2.24, 2.45) is 0 Å². The highest BCUT2D eigenvalue weighted by Crippen LogP contribution is 2.31. The highest BCUT2D eigenvalue weighted by atomic mass is 15.2. The highest BCUT2D eigenvalue weighted by molar-refractivity contribution is 5.97. The van der Waals surface area contributed by atoms with Crippen molar-refractivity contribution in [1.82, 2.24) is 15.2 Å². The van der Waals surface area contributed by atoms with Gasteiger partial charge in [-0.3, -0.25) is 5.10 Å². The van der Waals surface area contributed by atoms with Gasteiger partial charge in [-0.1, -0.05) is 12.1 Å². The standard InChI is InChI=1S/C13H14N4/c1-7-3-4-9-10(5-7)15-8(2)13(9)11-6-12(14)17-16-11/h3-6,15H,1-2H3,(H3,14,16,17). The molecule has 0 amide bonds. The molecule has 2 aromatic heterocycles. The van der Waals surface area contributed by atoms with Crippen LogP contribution in [-0.4, -0.2) is 15.2 Å². The first-order valence-electron chi connectivity index (χ1n) is 5.55. The molecule has 0 unspecified atom stereocenters. The van der Waals surface area contributed by atoms with Crippen LogP contribution in [0.15, 0.2) is 24.3 Å². The summed E-state index contributed by atoms with van der Waals surface area (Å²) in [4.78, 5) is 3.39. The number of nitrogen functional groups attached to an aromatic ring is 1. The summed E-state index contributed by atoms with van der Waals surface area (Å²) in [6.07, 6.45) is 0. The summed E-state index contributed by atoms with van der Waals surface area (Å²) in [7, 11) is 0. The van der Waals surface area contributed by atoms with E-state index in [0.717, 1.165) is 22.5 Å². The number of rotatable bonds is 1. The Bertz CT molecular complexity index is 691. The monoisotopic (exact) mass is 226 g/mol. The molecule has 3 rings (SSSR count). The number of H-pyrrole nitrogens is 2. The van der Waals surface area contributed by atoms with E-state index < -0.39 is 0 Å². The van der Waals surface area contributed by atoms with Crippen molar-refractivity contribution < 1.29 is 0 Å². The Labute approximate surface area is 98.8 Å². The van der Waals surface area contributed by atoms with E-state index in [2.05, 4.69) is 47.2 Å². The summed E-state index contributed by atoms with van der Waals surface area (Å²) in [6, 6.07) is 8.24. The zero-order chi connectivity index (χ0) is 12.0. The molecule has 4 heteroatoms. The lowest BCUT2D eigenvalue weighted by molar-refractivity contribution is 1.10. The molecule has 0 aliphatic rings. The van der Waals surface area contributed by atoms with Crippen LogP contribution in [0.5, 0.6) is 0 Å².